The average Bonchev–Trinajstić information content (AvgIpc) is 2.52. The van der Waals surface area contributed by atoms with Gasteiger partial charge in [0.15, 0.2) is 0 Å². The van der Waals surface area contributed by atoms with E-state index in [0.717, 1.165) is 29.6 Å². The minimum absolute atomic E-state index is 0.640. The van der Waals surface area contributed by atoms with Gasteiger partial charge in [-0.1, -0.05) is 60.7 Å². The number of hydrogen-bond acceptors (Lipinski definition) is 2. The van der Waals surface area contributed by atoms with Gasteiger partial charge in [-0.05, 0) is 26.2 Å². The van der Waals surface area contributed by atoms with E-state index >= 15 is 0 Å². The molecular formula is C18H24O2P2. The van der Waals surface area contributed by atoms with Crippen LogP contribution in [0.4, 0.5) is 0 Å². The van der Waals surface area contributed by atoms with Crippen LogP contribution in [0.3, 0.4) is 0 Å². The molecule has 118 valence electrons. The smallest absolute Gasteiger partial charge is 0.143 e. The Balaban J connectivity index is 2.20. The van der Waals surface area contributed by atoms with Crippen LogP contribution in [-0.4, -0.2) is 25.7 Å². The van der Waals surface area contributed by atoms with Gasteiger partial charge < -0.3 is 9.13 Å². The molecule has 0 bridgehead atoms. The van der Waals surface area contributed by atoms with E-state index in [2.05, 4.69) is 0 Å². The minimum atomic E-state index is -2.60. The quantitative estimate of drug-likeness (QED) is 0.555. The highest BCUT2D eigenvalue weighted by Crippen LogP contribution is 2.45. The Kier molecular flexibility index (Phi) is 5.84. The highest BCUT2D eigenvalue weighted by molar-refractivity contribution is 7.78. The second kappa shape index (κ2) is 7.44. The average molecular weight is 334 g/mol. The molecule has 0 heterocycles. The standard InChI is InChI=1S/C18H24O2P2/c1-21(2,19)15-9-10-16-22(20,17-11-5-3-6-12-17)18-13-7-4-8-14-18/h3-8,11-14H,9-10,15-16H2,1-2H3. The molecule has 0 aliphatic heterocycles. The Bertz CT molecular complexity index is 631. The van der Waals surface area contributed by atoms with Crippen molar-refractivity contribution in [2.24, 2.45) is 0 Å². The van der Waals surface area contributed by atoms with Crippen LogP contribution in [0.2, 0.25) is 0 Å². The number of rotatable bonds is 7. The zero-order valence-electron chi connectivity index (χ0n) is 13.3. The van der Waals surface area contributed by atoms with Crippen molar-refractivity contribution in [3.63, 3.8) is 0 Å². The predicted octanol–water partition coefficient (Wildman–Crippen LogP) is 4.40. The van der Waals surface area contributed by atoms with Gasteiger partial charge in [0.25, 0.3) is 0 Å². The minimum Gasteiger partial charge on any atom is -0.324 e. The van der Waals surface area contributed by atoms with Gasteiger partial charge in [0.1, 0.15) is 7.14 Å². The number of unbranched alkanes of at least 4 members (excludes halogenated alkanes) is 1. The molecular weight excluding hydrogens is 310 g/mol. The molecule has 22 heavy (non-hydrogen) atoms. The van der Waals surface area contributed by atoms with Crippen LogP contribution >= 0.6 is 14.3 Å². The maximum Gasteiger partial charge on any atom is 0.143 e. The maximum absolute atomic E-state index is 13.7. The first kappa shape index (κ1) is 17.3. The summed E-state index contributed by atoms with van der Waals surface area (Å²) in [5.41, 5.74) is 0. The fourth-order valence-corrected chi connectivity index (χ4v) is 6.35. The topological polar surface area (TPSA) is 34.1 Å². The zero-order valence-corrected chi connectivity index (χ0v) is 15.1. The molecule has 0 atom stereocenters. The third-order valence-electron chi connectivity index (χ3n) is 3.77. The highest BCUT2D eigenvalue weighted by atomic mass is 31.2. The maximum atomic E-state index is 13.7. The summed E-state index contributed by atoms with van der Waals surface area (Å²) >= 11 is 0. The number of hydrogen-bond donors (Lipinski definition) is 0. The van der Waals surface area contributed by atoms with Gasteiger partial charge in [-0.2, -0.15) is 0 Å². The molecule has 2 nitrogen and oxygen atoms in total. The molecule has 0 radical (unpaired) electrons. The largest absolute Gasteiger partial charge is 0.324 e. The molecule has 2 aromatic rings. The lowest BCUT2D eigenvalue weighted by Crippen LogP contribution is -2.18. The van der Waals surface area contributed by atoms with E-state index < -0.39 is 14.3 Å². The second-order valence-corrected chi connectivity index (χ2v) is 12.7. The first-order valence-corrected chi connectivity index (χ1v) is 12.3. The van der Waals surface area contributed by atoms with E-state index in [0.29, 0.717) is 6.16 Å². The molecule has 0 N–H and O–H groups in total. The van der Waals surface area contributed by atoms with E-state index in [1.54, 1.807) is 0 Å². The van der Waals surface area contributed by atoms with Gasteiger partial charge in [-0.3, -0.25) is 0 Å². The van der Waals surface area contributed by atoms with Crippen molar-refractivity contribution >= 4 is 24.9 Å². The Morgan fingerprint density at radius 2 is 1.09 bits per heavy atom. The molecule has 0 unspecified atom stereocenters. The Morgan fingerprint density at radius 1 is 0.682 bits per heavy atom. The predicted molar refractivity (Wildman–Crippen MR) is 98.2 cm³/mol. The molecule has 0 saturated heterocycles. The Hall–Kier alpha value is -1.10. The molecule has 0 amide bonds. The van der Waals surface area contributed by atoms with Gasteiger partial charge in [0.2, 0.25) is 0 Å². The van der Waals surface area contributed by atoms with Crippen molar-refractivity contribution in [3.05, 3.63) is 60.7 Å². The summed E-state index contributed by atoms with van der Waals surface area (Å²) in [6.45, 7) is 3.64. The number of benzene rings is 2. The third-order valence-corrected chi connectivity index (χ3v) is 8.37. The summed E-state index contributed by atoms with van der Waals surface area (Å²) in [6.07, 6.45) is 3.08. The first-order valence-electron chi connectivity index (χ1n) is 7.66. The van der Waals surface area contributed by atoms with E-state index in [-0.39, 0.29) is 0 Å². The SMILES string of the molecule is CP(C)(=O)CCCCP(=O)(c1ccccc1)c1ccccc1. The summed E-state index contributed by atoms with van der Waals surface area (Å²) in [5.74, 6) is 0. The Labute approximate surface area is 133 Å². The van der Waals surface area contributed by atoms with Crippen LogP contribution in [0.5, 0.6) is 0 Å². The third kappa shape index (κ3) is 4.70. The lowest BCUT2D eigenvalue weighted by Gasteiger charge is -2.19. The molecule has 0 aliphatic carbocycles. The molecule has 2 aromatic carbocycles. The lowest BCUT2D eigenvalue weighted by molar-refractivity contribution is 0.577. The van der Waals surface area contributed by atoms with Crippen molar-refractivity contribution in [3.8, 4) is 0 Å². The van der Waals surface area contributed by atoms with Crippen LogP contribution < -0.4 is 10.6 Å². The molecule has 0 aliphatic rings. The van der Waals surface area contributed by atoms with Gasteiger partial charge in [0.05, 0.1) is 7.14 Å². The summed E-state index contributed by atoms with van der Waals surface area (Å²) < 4.78 is 25.5. The van der Waals surface area contributed by atoms with Crippen molar-refractivity contribution in [2.45, 2.75) is 12.8 Å². The normalized spacial score (nSPS) is 12.3. The molecule has 4 heteroatoms. The zero-order chi connectivity index (χ0) is 16.1. The summed E-state index contributed by atoms with van der Waals surface area (Å²) in [4.78, 5) is 0. The van der Waals surface area contributed by atoms with Crippen molar-refractivity contribution < 1.29 is 9.13 Å². The van der Waals surface area contributed by atoms with Crippen molar-refractivity contribution in [2.75, 3.05) is 25.7 Å². The van der Waals surface area contributed by atoms with Gasteiger partial charge in [0, 0.05) is 22.9 Å². The van der Waals surface area contributed by atoms with Crippen molar-refractivity contribution in [1.29, 1.82) is 0 Å². The van der Waals surface area contributed by atoms with Crippen LogP contribution in [0.25, 0.3) is 0 Å². The molecule has 2 rings (SSSR count). The van der Waals surface area contributed by atoms with Crippen LogP contribution in [-0.2, 0) is 9.13 Å². The Morgan fingerprint density at radius 3 is 1.50 bits per heavy atom. The fraction of sp³-hybridized carbons (Fsp3) is 0.333. The van der Waals surface area contributed by atoms with E-state index in [1.807, 2.05) is 74.0 Å². The monoisotopic (exact) mass is 334 g/mol. The fourth-order valence-electron chi connectivity index (χ4n) is 2.57. The second-order valence-electron chi connectivity index (χ2n) is 6.14. The van der Waals surface area contributed by atoms with Gasteiger partial charge in [-0.25, -0.2) is 0 Å². The van der Waals surface area contributed by atoms with E-state index in [9.17, 15) is 9.13 Å². The van der Waals surface area contributed by atoms with Crippen LogP contribution in [0.1, 0.15) is 12.8 Å². The summed E-state index contributed by atoms with van der Waals surface area (Å²) in [6, 6.07) is 19.5. The van der Waals surface area contributed by atoms with Gasteiger partial charge >= 0.3 is 0 Å². The van der Waals surface area contributed by atoms with Crippen molar-refractivity contribution in [1.82, 2.24) is 0 Å². The van der Waals surface area contributed by atoms with Crippen LogP contribution in [0, 0.1) is 0 Å². The first-order chi connectivity index (χ1) is 10.4. The molecule has 0 fully saturated rings. The lowest BCUT2D eigenvalue weighted by atomic mass is 10.4. The van der Waals surface area contributed by atoms with E-state index in [4.69, 9.17) is 0 Å². The van der Waals surface area contributed by atoms with Crippen LogP contribution in [0.15, 0.2) is 60.7 Å². The van der Waals surface area contributed by atoms with Gasteiger partial charge in [-0.15, -0.1) is 0 Å². The highest BCUT2D eigenvalue weighted by Gasteiger charge is 2.26. The summed E-state index contributed by atoms with van der Waals surface area (Å²) in [7, 11) is -4.58. The molecule has 0 aromatic heterocycles. The summed E-state index contributed by atoms with van der Waals surface area (Å²) in [5, 5.41) is 1.83. The van der Waals surface area contributed by atoms with E-state index in [1.165, 1.54) is 0 Å². The molecule has 0 saturated carbocycles. The molecule has 0 spiro atoms.